The van der Waals surface area contributed by atoms with Gasteiger partial charge in [0.15, 0.2) is 0 Å². The van der Waals surface area contributed by atoms with Crippen LogP contribution in [0, 0.1) is 0 Å². The minimum Gasteiger partial charge on any atom is -0.292 e. The molecule has 0 spiro atoms. The second-order valence-electron chi connectivity index (χ2n) is 6.33. The summed E-state index contributed by atoms with van der Waals surface area (Å²) >= 11 is 0. The van der Waals surface area contributed by atoms with Gasteiger partial charge in [0.1, 0.15) is 12.4 Å². The van der Waals surface area contributed by atoms with E-state index in [1.54, 1.807) is 18.2 Å². The molecule has 4 aromatic rings. The van der Waals surface area contributed by atoms with E-state index in [1.165, 1.54) is 16.5 Å². The molecule has 0 saturated heterocycles. The maximum absolute atomic E-state index is 12.4. The molecule has 0 aliphatic rings. The number of para-hydroxylation sites is 1. The first-order chi connectivity index (χ1) is 13.7. The van der Waals surface area contributed by atoms with Crippen LogP contribution in [0.1, 0.15) is 11.4 Å². The second kappa shape index (κ2) is 7.83. The first kappa shape index (κ1) is 17.6. The van der Waals surface area contributed by atoms with E-state index in [0.29, 0.717) is 23.1 Å². The van der Waals surface area contributed by atoms with Gasteiger partial charge in [0, 0.05) is 6.42 Å². The number of hydrogen-bond acceptors (Lipinski definition) is 5. The zero-order chi connectivity index (χ0) is 19.3. The Morgan fingerprint density at radius 2 is 1.82 bits per heavy atom. The molecule has 8 heteroatoms. The molecular formula is C20H18N6O2. The van der Waals surface area contributed by atoms with Crippen molar-refractivity contribution in [3.05, 3.63) is 82.7 Å². The molecule has 0 atom stereocenters. The van der Waals surface area contributed by atoms with Crippen molar-refractivity contribution >= 4 is 22.8 Å². The molecule has 0 fully saturated rings. The first-order valence-electron chi connectivity index (χ1n) is 8.88. The van der Waals surface area contributed by atoms with Crippen LogP contribution in [-0.4, -0.2) is 30.6 Å². The van der Waals surface area contributed by atoms with Gasteiger partial charge in [-0.1, -0.05) is 42.5 Å². The van der Waals surface area contributed by atoms with Crippen molar-refractivity contribution in [3.63, 3.8) is 0 Å². The SMILES string of the molecule is O=C(Cn1cnc2ccccc2c1=O)Nc1n[nH]c(CCc2ccccc2)n1. The zero-order valence-electron chi connectivity index (χ0n) is 15.0. The van der Waals surface area contributed by atoms with Crippen molar-refractivity contribution in [1.82, 2.24) is 24.7 Å². The number of rotatable bonds is 6. The highest BCUT2D eigenvalue weighted by molar-refractivity contribution is 5.89. The molecule has 140 valence electrons. The number of fused-ring (bicyclic) bond motifs is 1. The number of benzene rings is 2. The summed E-state index contributed by atoms with van der Waals surface area (Å²) < 4.78 is 1.26. The highest BCUT2D eigenvalue weighted by atomic mass is 16.2. The summed E-state index contributed by atoms with van der Waals surface area (Å²) in [6.45, 7) is -0.162. The quantitative estimate of drug-likeness (QED) is 0.536. The lowest BCUT2D eigenvalue weighted by Gasteiger charge is -2.05. The third-order valence-electron chi connectivity index (χ3n) is 4.32. The lowest BCUT2D eigenvalue weighted by Crippen LogP contribution is -2.28. The second-order valence-corrected chi connectivity index (χ2v) is 6.33. The molecule has 4 rings (SSSR count). The van der Waals surface area contributed by atoms with Gasteiger partial charge in [-0.05, 0) is 24.1 Å². The first-order valence-corrected chi connectivity index (χ1v) is 8.88. The van der Waals surface area contributed by atoms with E-state index in [0.717, 1.165) is 6.42 Å². The Labute approximate surface area is 160 Å². The average molecular weight is 374 g/mol. The molecule has 0 unspecified atom stereocenters. The molecule has 0 saturated carbocycles. The van der Waals surface area contributed by atoms with Gasteiger partial charge in [-0.2, -0.15) is 4.98 Å². The summed E-state index contributed by atoms with van der Waals surface area (Å²) in [5.74, 6) is 0.478. The minimum absolute atomic E-state index is 0.162. The normalized spacial score (nSPS) is 10.9. The Hall–Kier alpha value is -3.81. The number of amides is 1. The van der Waals surface area contributed by atoms with E-state index < -0.39 is 5.91 Å². The van der Waals surface area contributed by atoms with Gasteiger partial charge in [0.25, 0.3) is 5.56 Å². The number of aromatic amines is 1. The highest BCUT2D eigenvalue weighted by Gasteiger charge is 2.11. The molecule has 1 amide bonds. The summed E-state index contributed by atoms with van der Waals surface area (Å²) in [6.07, 6.45) is 2.87. The van der Waals surface area contributed by atoms with Crippen LogP contribution >= 0.6 is 0 Å². The third kappa shape index (κ3) is 3.96. The molecule has 0 aliphatic heterocycles. The predicted octanol–water partition coefficient (Wildman–Crippen LogP) is 1.94. The number of H-pyrrole nitrogens is 1. The van der Waals surface area contributed by atoms with Crippen LogP contribution in [0.3, 0.4) is 0 Å². The van der Waals surface area contributed by atoms with E-state index in [4.69, 9.17) is 0 Å². The Balaban J connectivity index is 1.39. The molecule has 0 aliphatic carbocycles. The lowest BCUT2D eigenvalue weighted by molar-refractivity contribution is -0.116. The summed E-state index contributed by atoms with van der Waals surface area (Å²) in [6, 6.07) is 17.1. The Bertz CT molecular complexity index is 1170. The lowest BCUT2D eigenvalue weighted by atomic mass is 10.1. The largest absolute Gasteiger partial charge is 0.292 e. The van der Waals surface area contributed by atoms with Gasteiger partial charge in [-0.15, -0.1) is 5.10 Å². The van der Waals surface area contributed by atoms with Gasteiger partial charge in [0.2, 0.25) is 11.9 Å². The monoisotopic (exact) mass is 374 g/mol. The van der Waals surface area contributed by atoms with Crippen molar-refractivity contribution in [2.75, 3.05) is 5.32 Å². The Kier molecular flexibility index (Phi) is 4.92. The number of hydrogen-bond donors (Lipinski definition) is 2. The number of nitrogens with zero attached hydrogens (tertiary/aromatic N) is 4. The fraction of sp³-hybridized carbons (Fsp3) is 0.150. The van der Waals surface area contributed by atoms with Gasteiger partial charge in [-0.3, -0.25) is 24.6 Å². The van der Waals surface area contributed by atoms with Gasteiger partial charge in [-0.25, -0.2) is 4.98 Å². The molecule has 8 nitrogen and oxygen atoms in total. The minimum atomic E-state index is -0.396. The standard InChI is InChI=1S/C20H18N6O2/c27-18(12-26-13-21-16-9-5-4-8-15(16)19(26)28)23-20-22-17(24-25-20)11-10-14-6-2-1-3-7-14/h1-9,13H,10-12H2,(H2,22,23,24,25,27). The Morgan fingerprint density at radius 3 is 2.68 bits per heavy atom. The van der Waals surface area contributed by atoms with Crippen LogP contribution in [0.5, 0.6) is 0 Å². The van der Waals surface area contributed by atoms with E-state index in [1.807, 2.05) is 36.4 Å². The van der Waals surface area contributed by atoms with Crippen LogP contribution in [0.2, 0.25) is 0 Å². The molecule has 28 heavy (non-hydrogen) atoms. The topological polar surface area (TPSA) is 106 Å². The summed E-state index contributed by atoms with van der Waals surface area (Å²) in [5.41, 5.74) is 1.54. The van der Waals surface area contributed by atoms with Crippen molar-refractivity contribution in [3.8, 4) is 0 Å². The van der Waals surface area contributed by atoms with Crippen LogP contribution in [-0.2, 0) is 24.2 Å². The molecular weight excluding hydrogens is 356 g/mol. The summed E-state index contributed by atoms with van der Waals surface area (Å²) in [7, 11) is 0. The molecule has 2 heterocycles. The van der Waals surface area contributed by atoms with Crippen LogP contribution in [0.4, 0.5) is 5.95 Å². The molecule has 0 bridgehead atoms. The Morgan fingerprint density at radius 1 is 1.04 bits per heavy atom. The van der Waals surface area contributed by atoms with Crippen molar-refractivity contribution in [2.45, 2.75) is 19.4 Å². The average Bonchev–Trinajstić information content (AvgIpc) is 3.17. The molecule has 2 aromatic heterocycles. The fourth-order valence-corrected chi connectivity index (χ4v) is 2.91. The molecule has 0 radical (unpaired) electrons. The smallest absolute Gasteiger partial charge is 0.261 e. The molecule has 2 N–H and O–H groups in total. The van der Waals surface area contributed by atoms with E-state index in [-0.39, 0.29) is 18.1 Å². The number of aryl methyl sites for hydroxylation is 2. The van der Waals surface area contributed by atoms with E-state index in [2.05, 4.69) is 25.5 Å². The van der Waals surface area contributed by atoms with Crippen LogP contribution in [0.15, 0.2) is 65.7 Å². The van der Waals surface area contributed by atoms with E-state index in [9.17, 15) is 9.59 Å². The van der Waals surface area contributed by atoms with Crippen molar-refractivity contribution in [2.24, 2.45) is 0 Å². The van der Waals surface area contributed by atoms with Crippen LogP contribution < -0.4 is 10.9 Å². The van der Waals surface area contributed by atoms with Gasteiger partial charge in [0.05, 0.1) is 17.2 Å². The maximum atomic E-state index is 12.4. The summed E-state index contributed by atoms with van der Waals surface area (Å²) in [5, 5.41) is 9.91. The number of carbonyl (C=O) groups excluding carboxylic acids is 1. The third-order valence-corrected chi connectivity index (χ3v) is 4.32. The van der Waals surface area contributed by atoms with Crippen molar-refractivity contribution in [1.29, 1.82) is 0 Å². The molecule has 2 aromatic carbocycles. The van der Waals surface area contributed by atoms with Crippen molar-refractivity contribution < 1.29 is 4.79 Å². The number of carbonyl (C=O) groups is 1. The highest BCUT2D eigenvalue weighted by Crippen LogP contribution is 2.07. The number of aromatic nitrogens is 5. The van der Waals surface area contributed by atoms with E-state index >= 15 is 0 Å². The fourth-order valence-electron chi connectivity index (χ4n) is 2.91. The predicted molar refractivity (Wildman–Crippen MR) is 105 cm³/mol. The maximum Gasteiger partial charge on any atom is 0.261 e. The van der Waals surface area contributed by atoms with Gasteiger partial charge >= 0.3 is 0 Å². The number of anilines is 1. The van der Waals surface area contributed by atoms with Crippen LogP contribution in [0.25, 0.3) is 10.9 Å². The van der Waals surface area contributed by atoms with Gasteiger partial charge < -0.3 is 0 Å². The zero-order valence-corrected chi connectivity index (χ0v) is 15.0. The number of nitrogens with one attached hydrogen (secondary N) is 2. The summed E-state index contributed by atoms with van der Waals surface area (Å²) in [4.78, 5) is 33.2.